The Bertz CT molecular complexity index is 1040. The van der Waals surface area contributed by atoms with Gasteiger partial charge in [0, 0.05) is 23.6 Å². The number of aliphatic hydroxyl groups is 2. The Labute approximate surface area is 186 Å². The number of aliphatic carboxylic acids is 1. The first-order chi connectivity index (χ1) is 15.1. The molecule has 0 radical (unpaired) electrons. The van der Waals surface area contributed by atoms with E-state index in [0.717, 1.165) is 27.8 Å². The molecule has 0 spiro atoms. The van der Waals surface area contributed by atoms with E-state index in [4.69, 9.17) is 14.6 Å². The third-order valence-corrected chi connectivity index (χ3v) is 5.70. The van der Waals surface area contributed by atoms with Crippen molar-refractivity contribution in [1.29, 1.82) is 0 Å². The van der Waals surface area contributed by atoms with Crippen LogP contribution in [0.3, 0.4) is 0 Å². The van der Waals surface area contributed by atoms with Gasteiger partial charge in [-0.15, -0.1) is 0 Å². The largest absolute Gasteiger partial charge is 0.481 e. The van der Waals surface area contributed by atoms with Crippen LogP contribution in [0.2, 0.25) is 0 Å². The van der Waals surface area contributed by atoms with E-state index in [1.807, 2.05) is 27.7 Å². The van der Waals surface area contributed by atoms with Gasteiger partial charge in [-0.3, -0.25) is 4.79 Å². The highest BCUT2D eigenvalue weighted by atomic mass is 19.1. The molecule has 2 aromatic rings. The van der Waals surface area contributed by atoms with Gasteiger partial charge in [-0.25, -0.2) is 4.39 Å². The van der Waals surface area contributed by atoms with Crippen LogP contribution in [-0.2, 0) is 4.79 Å². The number of halogens is 1. The summed E-state index contributed by atoms with van der Waals surface area (Å²) in [7, 11) is 0. The van der Waals surface area contributed by atoms with E-state index in [1.54, 1.807) is 12.1 Å². The predicted octanol–water partition coefficient (Wildman–Crippen LogP) is 4.56. The van der Waals surface area contributed by atoms with Crippen LogP contribution in [-0.4, -0.2) is 40.3 Å². The van der Waals surface area contributed by atoms with Crippen molar-refractivity contribution in [2.45, 2.75) is 58.7 Å². The molecule has 2 atom stereocenters. The molecule has 3 N–H and O–H groups in total. The second kappa shape index (κ2) is 9.71. The summed E-state index contributed by atoms with van der Waals surface area (Å²) in [4.78, 5) is 10.8. The van der Waals surface area contributed by atoms with Gasteiger partial charge in [0.2, 0.25) is 6.79 Å². The number of hydrogen-bond acceptors (Lipinski definition) is 5. The maximum absolute atomic E-state index is 13.9. The lowest BCUT2D eigenvalue weighted by atomic mass is 9.83. The third-order valence-electron chi connectivity index (χ3n) is 5.70. The van der Waals surface area contributed by atoms with Gasteiger partial charge in [-0.2, -0.15) is 0 Å². The van der Waals surface area contributed by atoms with Crippen LogP contribution in [0.4, 0.5) is 4.39 Å². The van der Waals surface area contributed by atoms with Gasteiger partial charge in [0.1, 0.15) is 17.3 Å². The molecule has 0 fully saturated rings. The van der Waals surface area contributed by atoms with Gasteiger partial charge in [-0.1, -0.05) is 26.0 Å². The highest BCUT2D eigenvalue weighted by Crippen LogP contribution is 2.46. The third kappa shape index (κ3) is 4.95. The fourth-order valence-electron chi connectivity index (χ4n) is 4.12. The van der Waals surface area contributed by atoms with Gasteiger partial charge >= 0.3 is 5.97 Å². The van der Waals surface area contributed by atoms with Crippen molar-refractivity contribution in [3.63, 3.8) is 0 Å². The molecule has 0 amide bonds. The van der Waals surface area contributed by atoms with Crippen LogP contribution >= 0.6 is 0 Å². The molecule has 0 aromatic heterocycles. The van der Waals surface area contributed by atoms with Crippen molar-refractivity contribution in [3.05, 3.63) is 52.3 Å². The number of carboxylic acid groups (broad SMARTS) is 1. The Morgan fingerprint density at radius 3 is 2.56 bits per heavy atom. The summed E-state index contributed by atoms with van der Waals surface area (Å²) < 4.78 is 25.7. The van der Waals surface area contributed by atoms with Crippen molar-refractivity contribution in [2.24, 2.45) is 0 Å². The number of rotatable bonds is 7. The van der Waals surface area contributed by atoms with E-state index in [-0.39, 0.29) is 19.1 Å². The Hall–Kier alpha value is -2.90. The lowest BCUT2D eigenvalue weighted by Crippen LogP contribution is -2.19. The molecule has 172 valence electrons. The summed E-state index contributed by atoms with van der Waals surface area (Å²) in [5.74, 6) is -0.427. The maximum atomic E-state index is 13.9. The van der Waals surface area contributed by atoms with Gasteiger partial charge in [-0.05, 0) is 54.2 Å². The molecule has 0 saturated heterocycles. The average Bonchev–Trinajstić information content (AvgIpc) is 2.78. The van der Waals surface area contributed by atoms with Crippen LogP contribution in [0.1, 0.15) is 54.9 Å². The number of carbonyl (C=O) groups is 1. The van der Waals surface area contributed by atoms with Crippen molar-refractivity contribution < 1.29 is 34.0 Å². The van der Waals surface area contributed by atoms with Gasteiger partial charge in [0.25, 0.3) is 0 Å². The lowest BCUT2D eigenvalue weighted by molar-refractivity contribution is -0.139. The first-order valence-electron chi connectivity index (χ1n) is 10.6. The molecular weight excluding hydrogens is 415 g/mol. The minimum atomic E-state index is -1.16. The first kappa shape index (κ1) is 23.8. The van der Waals surface area contributed by atoms with Crippen molar-refractivity contribution in [3.8, 4) is 22.6 Å². The molecule has 2 unspecified atom stereocenters. The van der Waals surface area contributed by atoms with E-state index in [0.29, 0.717) is 17.1 Å². The van der Waals surface area contributed by atoms with E-state index in [1.165, 1.54) is 18.2 Å². The zero-order chi connectivity index (χ0) is 23.6. The Morgan fingerprint density at radius 2 is 1.91 bits per heavy atom. The van der Waals surface area contributed by atoms with Crippen LogP contribution in [0.25, 0.3) is 17.2 Å². The quantitative estimate of drug-likeness (QED) is 0.579. The fourth-order valence-corrected chi connectivity index (χ4v) is 4.12. The van der Waals surface area contributed by atoms with Crippen LogP contribution in [0.5, 0.6) is 11.5 Å². The smallest absolute Gasteiger partial charge is 0.305 e. The summed E-state index contributed by atoms with van der Waals surface area (Å²) in [5.41, 5.74) is 5.21. The fraction of sp³-hybridized carbons (Fsp3) is 0.400. The van der Waals surface area contributed by atoms with E-state index < -0.39 is 30.4 Å². The number of hydrogen-bond donors (Lipinski definition) is 3. The standard InChI is InChI=1S/C25H29FO6/c1-13(2)23-20(8-6-17(27)10-18(28)11-22(29)30)24-14(3)15(4)25(23)32-12-31-21-9-16(26)5-7-19(21)24/h5-9,13,17-18,27-28H,10-12H2,1-4H3,(H,29,30)/b8-6+. The highest BCUT2D eigenvalue weighted by molar-refractivity contribution is 5.86. The van der Waals surface area contributed by atoms with Crippen LogP contribution in [0, 0.1) is 19.7 Å². The summed E-state index contributed by atoms with van der Waals surface area (Å²) in [6.07, 6.45) is 0.558. The molecule has 6 nitrogen and oxygen atoms in total. The SMILES string of the molecule is Cc1c(C)c2c(/C=C/C(O)CC(O)CC(=O)O)c(C(C)C)c1OCOc1cc(F)ccc1-2. The number of carboxylic acids is 1. The topological polar surface area (TPSA) is 96.2 Å². The number of benzene rings is 2. The van der Waals surface area contributed by atoms with Crippen molar-refractivity contribution in [2.75, 3.05) is 6.79 Å². The molecule has 0 aliphatic carbocycles. The Balaban J connectivity index is 2.17. The second-order valence-corrected chi connectivity index (χ2v) is 8.40. The first-order valence-corrected chi connectivity index (χ1v) is 10.6. The van der Waals surface area contributed by atoms with Gasteiger partial charge in [0.05, 0.1) is 18.6 Å². The predicted molar refractivity (Wildman–Crippen MR) is 119 cm³/mol. The Kier molecular flexibility index (Phi) is 7.21. The molecule has 7 heteroatoms. The molecule has 2 aliphatic heterocycles. The average molecular weight is 444 g/mol. The summed E-state index contributed by atoms with van der Waals surface area (Å²) in [5, 5.41) is 29.1. The van der Waals surface area contributed by atoms with E-state index in [9.17, 15) is 19.4 Å². The lowest BCUT2D eigenvalue weighted by Gasteiger charge is -2.23. The van der Waals surface area contributed by atoms with Crippen LogP contribution < -0.4 is 9.47 Å². The normalized spacial score (nSPS) is 14.9. The van der Waals surface area contributed by atoms with Crippen molar-refractivity contribution in [1.82, 2.24) is 0 Å². The number of ether oxygens (including phenoxy) is 2. The Morgan fingerprint density at radius 1 is 1.19 bits per heavy atom. The van der Waals surface area contributed by atoms with Gasteiger partial charge < -0.3 is 24.8 Å². The minimum Gasteiger partial charge on any atom is -0.481 e. The molecule has 2 heterocycles. The summed E-state index contributed by atoms with van der Waals surface area (Å²) in [6, 6.07) is 4.38. The highest BCUT2D eigenvalue weighted by Gasteiger charge is 2.26. The molecule has 0 saturated carbocycles. The zero-order valence-corrected chi connectivity index (χ0v) is 18.7. The zero-order valence-electron chi connectivity index (χ0n) is 18.7. The van der Waals surface area contributed by atoms with E-state index >= 15 is 0 Å². The molecule has 2 aromatic carbocycles. The maximum Gasteiger partial charge on any atom is 0.305 e. The summed E-state index contributed by atoms with van der Waals surface area (Å²) >= 11 is 0. The molecule has 2 bridgehead atoms. The number of fused-ring (bicyclic) bond motifs is 4. The van der Waals surface area contributed by atoms with E-state index in [2.05, 4.69) is 0 Å². The number of aliphatic hydroxyl groups excluding tert-OH is 2. The molecule has 2 aliphatic rings. The summed E-state index contributed by atoms with van der Waals surface area (Å²) in [6.45, 7) is 7.94. The van der Waals surface area contributed by atoms with Crippen LogP contribution in [0.15, 0.2) is 24.3 Å². The second-order valence-electron chi connectivity index (χ2n) is 8.40. The monoisotopic (exact) mass is 444 g/mol. The minimum absolute atomic E-state index is 0.0685. The molecule has 32 heavy (non-hydrogen) atoms. The molecular formula is C25H29FO6. The van der Waals surface area contributed by atoms with Crippen molar-refractivity contribution >= 4 is 12.0 Å². The van der Waals surface area contributed by atoms with Gasteiger partial charge in [0.15, 0.2) is 0 Å². The molecule has 4 rings (SSSR count).